The lowest BCUT2D eigenvalue weighted by Crippen LogP contribution is -2.25. The third-order valence-corrected chi connectivity index (χ3v) is 3.52. The molecule has 1 amide bonds. The molecule has 6 nitrogen and oxygen atoms in total. The summed E-state index contributed by atoms with van der Waals surface area (Å²) in [4.78, 5) is 14.9. The number of primary amides is 1. The van der Waals surface area contributed by atoms with Crippen LogP contribution in [0.15, 0.2) is 29.6 Å². The van der Waals surface area contributed by atoms with Crippen LogP contribution in [0.3, 0.4) is 0 Å². The van der Waals surface area contributed by atoms with Gasteiger partial charge in [-0.3, -0.25) is 4.79 Å². The quantitative estimate of drug-likeness (QED) is 0.645. The first-order valence-corrected chi connectivity index (χ1v) is 6.81. The predicted molar refractivity (Wildman–Crippen MR) is 76.7 cm³/mol. The van der Waals surface area contributed by atoms with Gasteiger partial charge >= 0.3 is 0 Å². The molecule has 2 rings (SSSR count). The zero-order valence-corrected chi connectivity index (χ0v) is 11.4. The van der Waals surface area contributed by atoms with E-state index < -0.39 is 18.1 Å². The van der Waals surface area contributed by atoms with Crippen LogP contribution in [0.2, 0.25) is 0 Å². The lowest BCUT2D eigenvalue weighted by molar-refractivity contribution is -0.121. The summed E-state index contributed by atoms with van der Waals surface area (Å²) < 4.78 is 0. The van der Waals surface area contributed by atoms with E-state index in [-0.39, 0.29) is 6.42 Å². The van der Waals surface area contributed by atoms with Crippen LogP contribution in [-0.2, 0) is 4.79 Å². The fourth-order valence-corrected chi connectivity index (χ4v) is 2.38. The Morgan fingerprint density at radius 3 is 2.45 bits per heavy atom. The first kappa shape index (κ1) is 14.4. The van der Waals surface area contributed by atoms with Crippen molar-refractivity contribution in [1.82, 2.24) is 4.98 Å². The highest BCUT2D eigenvalue weighted by Crippen LogP contribution is 2.26. The normalized spacial score (nSPS) is 13.9. The molecule has 2 aromatic rings. The second-order valence-electron chi connectivity index (χ2n) is 4.38. The third kappa shape index (κ3) is 3.32. The Bertz CT molecular complexity index is 597. The van der Waals surface area contributed by atoms with Crippen molar-refractivity contribution in [2.45, 2.75) is 18.6 Å². The Morgan fingerprint density at radius 2 is 1.95 bits per heavy atom. The molecule has 0 aliphatic carbocycles. The van der Waals surface area contributed by atoms with Crippen LogP contribution < -0.4 is 11.5 Å². The topological polar surface area (TPSA) is 122 Å². The van der Waals surface area contributed by atoms with Crippen molar-refractivity contribution < 1.29 is 15.0 Å². The van der Waals surface area contributed by atoms with Crippen LogP contribution in [0.5, 0.6) is 0 Å². The Kier molecular flexibility index (Phi) is 4.33. The molecule has 106 valence electrons. The molecule has 0 bridgehead atoms. The number of rotatable bonds is 5. The zero-order valence-electron chi connectivity index (χ0n) is 10.6. The van der Waals surface area contributed by atoms with E-state index in [9.17, 15) is 15.0 Å². The fourth-order valence-electron chi connectivity index (χ4n) is 1.81. The smallest absolute Gasteiger partial charge is 0.220 e. The first-order chi connectivity index (χ1) is 9.47. The summed E-state index contributed by atoms with van der Waals surface area (Å²) in [5.74, 6) is -0.661. The monoisotopic (exact) mass is 293 g/mol. The van der Waals surface area contributed by atoms with E-state index in [1.165, 1.54) is 11.3 Å². The third-order valence-electron chi connectivity index (χ3n) is 2.84. The molecule has 0 aliphatic heterocycles. The van der Waals surface area contributed by atoms with E-state index in [1.807, 2.05) is 5.38 Å². The predicted octanol–water partition coefficient (Wildman–Crippen LogP) is 0.662. The van der Waals surface area contributed by atoms with E-state index in [4.69, 9.17) is 11.5 Å². The van der Waals surface area contributed by atoms with Crippen LogP contribution in [-0.4, -0.2) is 27.2 Å². The summed E-state index contributed by atoms with van der Waals surface area (Å²) in [6.07, 6.45) is -2.66. The van der Waals surface area contributed by atoms with E-state index in [2.05, 4.69) is 4.98 Å². The minimum absolute atomic E-state index is 0.286. The van der Waals surface area contributed by atoms with Gasteiger partial charge in [-0.15, -0.1) is 11.3 Å². The number of aliphatic hydroxyl groups excluding tert-OH is 2. The molecule has 6 N–H and O–H groups in total. The highest BCUT2D eigenvalue weighted by molar-refractivity contribution is 7.13. The molecular weight excluding hydrogens is 278 g/mol. The molecule has 1 heterocycles. The molecule has 1 aromatic heterocycles. The molecule has 0 spiro atoms. The average molecular weight is 293 g/mol. The maximum atomic E-state index is 10.7. The number of amides is 1. The van der Waals surface area contributed by atoms with Crippen LogP contribution in [0.4, 0.5) is 5.13 Å². The Labute approximate surface area is 119 Å². The number of anilines is 1. The van der Waals surface area contributed by atoms with Gasteiger partial charge in [0.1, 0.15) is 6.10 Å². The number of hydrogen-bond donors (Lipinski definition) is 4. The molecule has 2 unspecified atom stereocenters. The number of aliphatic hydroxyl groups is 2. The molecule has 20 heavy (non-hydrogen) atoms. The minimum atomic E-state index is -1.21. The van der Waals surface area contributed by atoms with Gasteiger partial charge in [0, 0.05) is 10.9 Å². The van der Waals surface area contributed by atoms with Crippen LogP contribution in [0.1, 0.15) is 18.1 Å². The number of carbonyl (C=O) groups is 1. The Hall–Kier alpha value is -1.96. The van der Waals surface area contributed by atoms with Gasteiger partial charge in [0.2, 0.25) is 5.91 Å². The highest BCUT2D eigenvalue weighted by Gasteiger charge is 2.20. The molecule has 1 aromatic carbocycles. The second-order valence-corrected chi connectivity index (χ2v) is 5.27. The van der Waals surface area contributed by atoms with Crippen molar-refractivity contribution in [2.75, 3.05) is 5.73 Å². The van der Waals surface area contributed by atoms with Crippen molar-refractivity contribution in [3.63, 3.8) is 0 Å². The van der Waals surface area contributed by atoms with Gasteiger partial charge in [0.25, 0.3) is 0 Å². The fraction of sp³-hybridized carbons (Fsp3) is 0.231. The van der Waals surface area contributed by atoms with Gasteiger partial charge in [-0.1, -0.05) is 24.3 Å². The van der Waals surface area contributed by atoms with Gasteiger partial charge in [-0.2, -0.15) is 0 Å². The van der Waals surface area contributed by atoms with Crippen molar-refractivity contribution >= 4 is 22.4 Å². The number of benzene rings is 1. The van der Waals surface area contributed by atoms with Crippen molar-refractivity contribution in [3.8, 4) is 11.3 Å². The molecule has 0 saturated carbocycles. The number of thiazole rings is 1. The molecular formula is C13H15N3O3S. The maximum absolute atomic E-state index is 10.7. The van der Waals surface area contributed by atoms with Gasteiger partial charge < -0.3 is 21.7 Å². The van der Waals surface area contributed by atoms with Crippen LogP contribution in [0, 0.1) is 0 Å². The van der Waals surface area contributed by atoms with Gasteiger partial charge in [0.05, 0.1) is 18.2 Å². The number of carbonyl (C=O) groups excluding carboxylic acids is 1. The molecule has 0 radical (unpaired) electrons. The van der Waals surface area contributed by atoms with E-state index in [0.717, 1.165) is 11.3 Å². The van der Waals surface area contributed by atoms with Gasteiger partial charge in [-0.05, 0) is 5.56 Å². The van der Waals surface area contributed by atoms with Crippen molar-refractivity contribution in [3.05, 3.63) is 35.2 Å². The number of hydrogen-bond acceptors (Lipinski definition) is 6. The summed E-state index contributed by atoms with van der Waals surface area (Å²) in [6.45, 7) is 0. The lowest BCUT2D eigenvalue weighted by Gasteiger charge is -2.16. The van der Waals surface area contributed by atoms with Crippen molar-refractivity contribution in [2.24, 2.45) is 5.73 Å². The summed E-state index contributed by atoms with van der Waals surface area (Å²) in [5, 5.41) is 21.9. The Morgan fingerprint density at radius 1 is 1.30 bits per heavy atom. The largest absolute Gasteiger partial charge is 0.390 e. The lowest BCUT2D eigenvalue weighted by atomic mass is 10.00. The minimum Gasteiger partial charge on any atom is -0.390 e. The Balaban J connectivity index is 2.13. The highest BCUT2D eigenvalue weighted by atomic mass is 32.1. The summed E-state index contributed by atoms with van der Waals surface area (Å²) in [7, 11) is 0. The molecule has 0 saturated heterocycles. The van der Waals surface area contributed by atoms with Crippen LogP contribution in [0.25, 0.3) is 11.3 Å². The average Bonchev–Trinajstić information content (AvgIpc) is 2.84. The van der Waals surface area contributed by atoms with Crippen molar-refractivity contribution in [1.29, 1.82) is 0 Å². The standard InChI is InChI=1S/C13H15N3O3S/c14-11(18)5-10(17)12(19)8-3-1-7(2-4-8)9-6-20-13(15)16-9/h1-4,6,10,12,17,19H,5H2,(H2,14,18)(H2,15,16). The second kappa shape index (κ2) is 6.00. The zero-order chi connectivity index (χ0) is 14.7. The maximum Gasteiger partial charge on any atom is 0.220 e. The first-order valence-electron chi connectivity index (χ1n) is 5.93. The molecule has 2 atom stereocenters. The van der Waals surface area contributed by atoms with Gasteiger partial charge in [0.15, 0.2) is 5.13 Å². The van der Waals surface area contributed by atoms with Crippen LogP contribution >= 0.6 is 11.3 Å². The summed E-state index contributed by atoms with van der Waals surface area (Å²) in [6, 6.07) is 6.87. The molecule has 7 heteroatoms. The van der Waals surface area contributed by atoms with E-state index in [1.54, 1.807) is 24.3 Å². The number of aromatic nitrogens is 1. The SMILES string of the molecule is NC(=O)CC(O)C(O)c1ccc(-c2csc(N)n2)cc1. The summed E-state index contributed by atoms with van der Waals surface area (Å²) >= 11 is 1.35. The number of nitrogens with two attached hydrogens (primary N) is 2. The number of nitrogens with zero attached hydrogens (tertiary/aromatic N) is 1. The molecule has 0 fully saturated rings. The van der Waals surface area contributed by atoms with E-state index >= 15 is 0 Å². The van der Waals surface area contributed by atoms with E-state index in [0.29, 0.717) is 10.7 Å². The summed E-state index contributed by atoms with van der Waals surface area (Å²) in [5.41, 5.74) is 12.7. The number of nitrogen functional groups attached to an aromatic ring is 1. The molecule has 0 aliphatic rings. The van der Waals surface area contributed by atoms with Gasteiger partial charge in [-0.25, -0.2) is 4.98 Å².